The van der Waals surface area contributed by atoms with Crippen LogP contribution in [0.25, 0.3) is 0 Å². The SMILES string of the molecule is CCCCCCCCCCCCn1ccnc1C(O)c1ccc(Cl)cc1. The van der Waals surface area contributed by atoms with Crippen molar-refractivity contribution in [3.05, 3.63) is 53.1 Å². The summed E-state index contributed by atoms with van der Waals surface area (Å²) in [6.45, 7) is 3.18. The van der Waals surface area contributed by atoms with Crippen molar-refractivity contribution in [2.24, 2.45) is 0 Å². The molecule has 1 heterocycles. The quantitative estimate of drug-likeness (QED) is 0.403. The van der Waals surface area contributed by atoms with Crippen LogP contribution in [0.3, 0.4) is 0 Å². The second-order valence-corrected chi connectivity index (χ2v) is 7.55. The molecule has 1 aromatic carbocycles. The van der Waals surface area contributed by atoms with Gasteiger partial charge in [-0.15, -0.1) is 0 Å². The molecule has 1 N–H and O–H groups in total. The van der Waals surface area contributed by atoms with E-state index in [1.54, 1.807) is 18.3 Å². The van der Waals surface area contributed by atoms with E-state index in [2.05, 4.69) is 16.5 Å². The number of hydrogen-bond acceptors (Lipinski definition) is 2. The molecule has 0 aliphatic rings. The fraction of sp³-hybridized carbons (Fsp3) is 0.591. The third kappa shape index (κ3) is 7.13. The lowest BCUT2D eigenvalue weighted by atomic mass is 10.1. The van der Waals surface area contributed by atoms with Gasteiger partial charge in [0.05, 0.1) is 0 Å². The number of rotatable bonds is 13. The number of unbranched alkanes of at least 4 members (excludes halogenated alkanes) is 9. The lowest BCUT2D eigenvalue weighted by Crippen LogP contribution is -2.10. The molecule has 3 nitrogen and oxygen atoms in total. The highest BCUT2D eigenvalue weighted by Gasteiger charge is 2.15. The zero-order valence-corrected chi connectivity index (χ0v) is 16.8. The first-order valence-corrected chi connectivity index (χ1v) is 10.5. The predicted octanol–water partition coefficient (Wildman–Crippen LogP) is 6.54. The van der Waals surface area contributed by atoms with Crippen LogP contribution in [0.1, 0.15) is 88.6 Å². The number of benzene rings is 1. The van der Waals surface area contributed by atoms with Crippen LogP contribution in [-0.4, -0.2) is 14.7 Å². The maximum absolute atomic E-state index is 10.6. The fourth-order valence-electron chi connectivity index (χ4n) is 3.32. The van der Waals surface area contributed by atoms with Gasteiger partial charge < -0.3 is 9.67 Å². The summed E-state index contributed by atoms with van der Waals surface area (Å²) in [5.41, 5.74) is 0.824. The van der Waals surface area contributed by atoms with Crippen LogP contribution >= 0.6 is 11.6 Å². The number of aliphatic hydroxyl groups excluding tert-OH is 1. The summed E-state index contributed by atoms with van der Waals surface area (Å²) in [7, 11) is 0. The van der Waals surface area contributed by atoms with Gasteiger partial charge in [-0.25, -0.2) is 4.98 Å². The highest BCUT2D eigenvalue weighted by molar-refractivity contribution is 6.30. The van der Waals surface area contributed by atoms with Gasteiger partial charge in [0.1, 0.15) is 11.9 Å². The number of aliphatic hydroxyl groups is 1. The Balaban J connectivity index is 1.66. The smallest absolute Gasteiger partial charge is 0.142 e. The number of nitrogens with zero attached hydrogens (tertiary/aromatic N) is 2. The Kier molecular flexibility index (Phi) is 9.80. The minimum absolute atomic E-state index is 0.676. The minimum atomic E-state index is -0.703. The van der Waals surface area contributed by atoms with Gasteiger partial charge in [-0.2, -0.15) is 0 Å². The standard InChI is InChI=1S/C22H33ClN2O/c1-2-3-4-5-6-7-8-9-10-11-17-25-18-16-24-22(25)21(26)19-12-14-20(23)15-13-19/h12-16,18,21,26H,2-11,17H2,1H3. The van der Waals surface area contributed by atoms with Gasteiger partial charge in [0, 0.05) is 24.0 Å². The molecular formula is C22H33ClN2O. The number of halogens is 1. The third-order valence-electron chi connectivity index (χ3n) is 4.93. The summed E-state index contributed by atoms with van der Waals surface area (Å²) < 4.78 is 2.07. The van der Waals surface area contributed by atoms with Crippen molar-refractivity contribution in [3.63, 3.8) is 0 Å². The molecule has 0 saturated heterocycles. The Labute approximate surface area is 163 Å². The van der Waals surface area contributed by atoms with Gasteiger partial charge in [-0.1, -0.05) is 88.4 Å². The lowest BCUT2D eigenvalue weighted by molar-refractivity contribution is 0.204. The number of aromatic nitrogens is 2. The maximum atomic E-state index is 10.6. The summed E-state index contributed by atoms with van der Waals surface area (Å²) in [5.74, 6) is 0.711. The molecule has 144 valence electrons. The van der Waals surface area contributed by atoms with E-state index in [0.29, 0.717) is 10.8 Å². The second kappa shape index (κ2) is 12.1. The van der Waals surface area contributed by atoms with Crippen LogP contribution in [0.2, 0.25) is 5.02 Å². The van der Waals surface area contributed by atoms with Crippen molar-refractivity contribution in [1.82, 2.24) is 9.55 Å². The van der Waals surface area contributed by atoms with Gasteiger partial charge in [0.2, 0.25) is 0 Å². The normalized spacial score (nSPS) is 12.4. The van der Waals surface area contributed by atoms with E-state index in [9.17, 15) is 5.11 Å². The molecule has 2 aromatic rings. The average molecular weight is 377 g/mol. The van der Waals surface area contributed by atoms with Crippen LogP contribution in [0.4, 0.5) is 0 Å². The number of aryl methyl sites for hydroxylation is 1. The summed E-state index contributed by atoms with van der Waals surface area (Å²) >= 11 is 5.92. The van der Waals surface area contributed by atoms with Crippen molar-refractivity contribution in [1.29, 1.82) is 0 Å². The van der Waals surface area contributed by atoms with E-state index in [1.807, 2.05) is 18.3 Å². The first kappa shape index (κ1) is 21.0. The van der Waals surface area contributed by atoms with E-state index in [0.717, 1.165) is 18.5 Å². The monoisotopic (exact) mass is 376 g/mol. The molecule has 1 aromatic heterocycles. The maximum Gasteiger partial charge on any atom is 0.142 e. The van der Waals surface area contributed by atoms with E-state index in [1.165, 1.54) is 57.8 Å². The van der Waals surface area contributed by atoms with Crippen molar-refractivity contribution < 1.29 is 5.11 Å². The van der Waals surface area contributed by atoms with Crippen LogP contribution in [-0.2, 0) is 6.54 Å². The molecule has 1 unspecified atom stereocenters. The molecule has 1 atom stereocenters. The minimum Gasteiger partial charge on any atom is -0.380 e. The number of imidazole rings is 1. The van der Waals surface area contributed by atoms with Gasteiger partial charge in [0.25, 0.3) is 0 Å². The average Bonchev–Trinajstić information content (AvgIpc) is 3.12. The van der Waals surface area contributed by atoms with Crippen LogP contribution in [0.15, 0.2) is 36.7 Å². The van der Waals surface area contributed by atoms with Gasteiger partial charge in [0.15, 0.2) is 0 Å². The fourth-order valence-corrected chi connectivity index (χ4v) is 3.45. The zero-order valence-electron chi connectivity index (χ0n) is 16.0. The Morgan fingerprint density at radius 2 is 1.50 bits per heavy atom. The predicted molar refractivity (Wildman–Crippen MR) is 110 cm³/mol. The Morgan fingerprint density at radius 1 is 0.923 bits per heavy atom. The third-order valence-corrected chi connectivity index (χ3v) is 5.18. The van der Waals surface area contributed by atoms with E-state index in [-0.39, 0.29) is 0 Å². The Morgan fingerprint density at radius 3 is 2.12 bits per heavy atom. The Bertz CT molecular complexity index is 609. The Hall–Kier alpha value is -1.32. The zero-order chi connectivity index (χ0) is 18.6. The molecule has 26 heavy (non-hydrogen) atoms. The van der Waals surface area contributed by atoms with Crippen LogP contribution in [0.5, 0.6) is 0 Å². The molecule has 0 spiro atoms. The lowest BCUT2D eigenvalue weighted by Gasteiger charge is -2.14. The highest BCUT2D eigenvalue weighted by Crippen LogP contribution is 2.22. The molecule has 0 bridgehead atoms. The van der Waals surface area contributed by atoms with E-state index in [4.69, 9.17) is 11.6 Å². The molecule has 4 heteroatoms. The molecule has 0 saturated carbocycles. The topological polar surface area (TPSA) is 38.0 Å². The largest absolute Gasteiger partial charge is 0.380 e. The summed E-state index contributed by atoms with van der Waals surface area (Å²) in [6.07, 6.45) is 16.3. The molecule has 0 radical (unpaired) electrons. The molecule has 0 aliphatic carbocycles. The molecular weight excluding hydrogens is 344 g/mol. The molecule has 2 rings (SSSR count). The van der Waals surface area contributed by atoms with Crippen molar-refractivity contribution in [2.75, 3.05) is 0 Å². The highest BCUT2D eigenvalue weighted by atomic mass is 35.5. The van der Waals surface area contributed by atoms with Crippen molar-refractivity contribution >= 4 is 11.6 Å². The second-order valence-electron chi connectivity index (χ2n) is 7.11. The van der Waals surface area contributed by atoms with Gasteiger partial charge >= 0.3 is 0 Å². The number of hydrogen-bond donors (Lipinski definition) is 1. The van der Waals surface area contributed by atoms with Crippen LogP contribution in [0, 0.1) is 0 Å². The summed E-state index contributed by atoms with van der Waals surface area (Å²) in [6, 6.07) is 7.31. The summed E-state index contributed by atoms with van der Waals surface area (Å²) in [5, 5.41) is 11.3. The molecule has 0 amide bonds. The first-order chi connectivity index (χ1) is 12.7. The van der Waals surface area contributed by atoms with E-state index < -0.39 is 6.10 Å². The van der Waals surface area contributed by atoms with Crippen molar-refractivity contribution in [2.45, 2.75) is 83.8 Å². The summed E-state index contributed by atoms with van der Waals surface area (Å²) in [4.78, 5) is 4.36. The first-order valence-electron chi connectivity index (χ1n) is 10.2. The molecule has 0 fully saturated rings. The molecule has 0 aliphatic heterocycles. The van der Waals surface area contributed by atoms with Gasteiger partial charge in [-0.3, -0.25) is 0 Å². The van der Waals surface area contributed by atoms with E-state index >= 15 is 0 Å². The van der Waals surface area contributed by atoms with Gasteiger partial charge in [-0.05, 0) is 24.1 Å². The van der Waals surface area contributed by atoms with Crippen molar-refractivity contribution in [3.8, 4) is 0 Å². The van der Waals surface area contributed by atoms with Crippen LogP contribution < -0.4 is 0 Å².